The van der Waals surface area contributed by atoms with Gasteiger partial charge >= 0.3 is 5.97 Å². The molecule has 0 saturated carbocycles. The number of piperidine rings is 1. The average molecular weight is 214 g/mol. The quantitative estimate of drug-likeness (QED) is 0.731. The molecule has 3 unspecified atom stereocenters. The van der Waals surface area contributed by atoms with Gasteiger partial charge in [-0.1, -0.05) is 0 Å². The molecule has 1 saturated heterocycles. The molecule has 0 bridgehead atoms. The molecular weight excluding hydrogens is 192 g/mol. The molecule has 4 heteroatoms. The highest BCUT2D eigenvalue weighted by Crippen LogP contribution is 2.15. The van der Waals surface area contributed by atoms with Gasteiger partial charge in [0.1, 0.15) is 0 Å². The zero-order valence-electron chi connectivity index (χ0n) is 9.86. The first-order valence-corrected chi connectivity index (χ1v) is 5.67. The Morgan fingerprint density at radius 1 is 1.67 bits per heavy atom. The summed E-state index contributed by atoms with van der Waals surface area (Å²) in [5.74, 6) is -0.726. The Morgan fingerprint density at radius 2 is 2.33 bits per heavy atom. The number of rotatable bonds is 4. The van der Waals surface area contributed by atoms with Gasteiger partial charge in [-0.15, -0.1) is 0 Å². The predicted octanol–water partition coefficient (Wildman–Crippen LogP) is 0.922. The normalized spacial score (nSPS) is 30.1. The molecule has 1 aliphatic rings. The molecule has 4 nitrogen and oxygen atoms in total. The van der Waals surface area contributed by atoms with E-state index in [4.69, 9.17) is 5.11 Å². The van der Waals surface area contributed by atoms with Crippen LogP contribution in [0.15, 0.2) is 0 Å². The van der Waals surface area contributed by atoms with Crippen LogP contribution in [0.25, 0.3) is 0 Å². The fourth-order valence-electron chi connectivity index (χ4n) is 2.16. The summed E-state index contributed by atoms with van der Waals surface area (Å²) in [5.41, 5.74) is 0. The topological polar surface area (TPSA) is 52.6 Å². The summed E-state index contributed by atoms with van der Waals surface area (Å²) < 4.78 is 0. The lowest BCUT2D eigenvalue weighted by atomic mass is 9.98. The lowest BCUT2D eigenvalue weighted by molar-refractivity contribution is -0.137. The molecule has 0 aromatic carbocycles. The molecule has 15 heavy (non-hydrogen) atoms. The van der Waals surface area contributed by atoms with Crippen LogP contribution >= 0.6 is 0 Å². The van der Waals surface area contributed by atoms with Crippen molar-refractivity contribution >= 4 is 5.97 Å². The van der Waals surface area contributed by atoms with Crippen molar-refractivity contribution in [1.29, 1.82) is 0 Å². The first-order chi connectivity index (χ1) is 6.99. The Morgan fingerprint density at radius 3 is 2.87 bits per heavy atom. The van der Waals surface area contributed by atoms with E-state index < -0.39 is 5.97 Å². The van der Waals surface area contributed by atoms with E-state index in [9.17, 15) is 4.79 Å². The van der Waals surface area contributed by atoms with Crippen LogP contribution in [0, 0.1) is 0 Å². The highest BCUT2D eigenvalue weighted by molar-refractivity contribution is 5.67. The largest absolute Gasteiger partial charge is 0.481 e. The van der Waals surface area contributed by atoms with E-state index in [0.29, 0.717) is 12.1 Å². The van der Waals surface area contributed by atoms with E-state index in [2.05, 4.69) is 24.2 Å². The smallest absolute Gasteiger partial charge is 0.304 e. The summed E-state index contributed by atoms with van der Waals surface area (Å²) in [6, 6.07) is 1.14. The number of nitrogens with zero attached hydrogens (tertiary/aromatic N) is 1. The van der Waals surface area contributed by atoms with Crippen LogP contribution in [-0.2, 0) is 4.79 Å². The number of carbonyl (C=O) groups is 1. The Kier molecular flexibility index (Phi) is 4.54. The van der Waals surface area contributed by atoms with Crippen LogP contribution in [-0.4, -0.2) is 47.7 Å². The van der Waals surface area contributed by atoms with Gasteiger partial charge in [-0.3, -0.25) is 4.79 Å². The van der Waals surface area contributed by atoms with Crippen molar-refractivity contribution in [2.75, 3.05) is 13.6 Å². The third-order valence-electron chi connectivity index (χ3n) is 3.21. The summed E-state index contributed by atoms with van der Waals surface area (Å²) in [7, 11) is 2.14. The van der Waals surface area contributed by atoms with Crippen LogP contribution in [0.1, 0.15) is 33.1 Å². The lowest BCUT2D eigenvalue weighted by Gasteiger charge is -2.36. The number of aliphatic carboxylic acids is 1. The Hall–Kier alpha value is -0.610. The van der Waals surface area contributed by atoms with Crippen LogP contribution in [0.3, 0.4) is 0 Å². The molecule has 1 rings (SSSR count). The highest BCUT2D eigenvalue weighted by Gasteiger charge is 2.23. The predicted molar refractivity (Wildman–Crippen MR) is 60.0 cm³/mol. The zero-order valence-corrected chi connectivity index (χ0v) is 9.86. The monoisotopic (exact) mass is 214 g/mol. The molecule has 0 amide bonds. The van der Waals surface area contributed by atoms with Gasteiger partial charge in [0.2, 0.25) is 0 Å². The molecule has 1 fully saturated rings. The Labute approximate surface area is 91.6 Å². The SMILES string of the molecule is CC(CC(=O)O)NC1CCN(C)C(C)C1. The highest BCUT2D eigenvalue weighted by atomic mass is 16.4. The van der Waals surface area contributed by atoms with E-state index in [-0.39, 0.29) is 12.5 Å². The number of nitrogens with one attached hydrogen (secondary N) is 1. The molecule has 0 aromatic heterocycles. The van der Waals surface area contributed by atoms with Crippen LogP contribution in [0.5, 0.6) is 0 Å². The summed E-state index contributed by atoms with van der Waals surface area (Å²) in [4.78, 5) is 12.9. The van der Waals surface area contributed by atoms with Crippen molar-refractivity contribution in [2.24, 2.45) is 0 Å². The Bertz CT molecular complexity index is 221. The molecule has 0 aromatic rings. The van der Waals surface area contributed by atoms with Gasteiger partial charge in [0.05, 0.1) is 6.42 Å². The number of hydrogen-bond acceptors (Lipinski definition) is 3. The second-order valence-electron chi connectivity index (χ2n) is 4.72. The van der Waals surface area contributed by atoms with Crippen molar-refractivity contribution < 1.29 is 9.90 Å². The summed E-state index contributed by atoms with van der Waals surface area (Å²) >= 11 is 0. The summed E-state index contributed by atoms with van der Waals surface area (Å²) in [6.07, 6.45) is 2.44. The molecule has 0 radical (unpaired) electrons. The van der Waals surface area contributed by atoms with Crippen molar-refractivity contribution in [3.05, 3.63) is 0 Å². The van der Waals surface area contributed by atoms with Gasteiger partial charge in [0.15, 0.2) is 0 Å². The minimum Gasteiger partial charge on any atom is -0.481 e. The maximum absolute atomic E-state index is 10.5. The van der Waals surface area contributed by atoms with Gasteiger partial charge in [0, 0.05) is 18.1 Å². The second kappa shape index (κ2) is 5.47. The van der Waals surface area contributed by atoms with Crippen LogP contribution in [0.4, 0.5) is 0 Å². The van der Waals surface area contributed by atoms with Crippen molar-refractivity contribution in [2.45, 2.75) is 51.2 Å². The van der Waals surface area contributed by atoms with E-state index in [1.54, 1.807) is 0 Å². The molecule has 0 spiro atoms. The van der Waals surface area contributed by atoms with Crippen molar-refractivity contribution in [1.82, 2.24) is 10.2 Å². The van der Waals surface area contributed by atoms with Crippen LogP contribution in [0.2, 0.25) is 0 Å². The van der Waals surface area contributed by atoms with Crippen molar-refractivity contribution in [3.8, 4) is 0 Å². The first kappa shape index (κ1) is 12.5. The number of hydrogen-bond donors (Lipinski definition) is 2. The van der Waals surface area contributed by atoms with E-state index in [0.717, 1.165) is 19.4 Å². The lowest BCUT2D eigenvalue weighted by Crippen LogP contribution is -2.48. The number of likely N-dealkylation sites (tertiary alicyclic amines) is 1. The molecular formula is C11H22N2O2. The van der Waals surface area contributed by atoms with Gasteiger partial charge in [-0.05, 0) is 40.3 Å². The summed E-state index contributed by atoms with van der Waals surface area (Å²) in [5, 5.41) is 12.1. The molecule has 1 heterocycles. The minimum absolute atomic E-state index is 0.0723. The van der Waals surface area contributed by atoms with Gasteiger partial charge in [-0.25, -0.2) is 0 Å². The third-order valence-corrected chi connectivity index (χ3v) is 3.21. The Balaban J connectivity index is 2.30. The zero-order chi connectivity index (χ0) is 11.4. The van der Waals surface area contributed by atoms with Gasteiger partial charge in [0.25, 0.3) is 0 Å². The van der Waals surface area contributed by atoms with E-state index in [1.165, 1.54) is 0 Å². The van der Waals surface area contributed by atoms with E-state index >= 15 is 0 Å². The van der Waals surface area contributed by atoms with Crippen LogP contribution < -0.4 is 5.32 Å². The standard InChI is InChI=1S/C11H22N2O2/c1-8(6-11(14)15)12-10-4-5-13(3)9(2)7-10/h8-10,12H,4-7H2,1-3H3,(H,14,15). The molecule has 88 valence electrons. The second-order valence-corrected chi connectivity index (χ2v) is 4.72. The summed E-state index contributed by atoms with van der Waals surface area (Å²) in [6.45, 7) is 5.26. The van der Waals surface area contributed by atoms with Crippen molar-refractivity contribution in [3.63, 3.8) is 0 Å². The molecule has 0 aliphatic carbocycles. The molecule has 3 atom stereocenters. The number of carboxylic acids is 1. The molecule has 1 aliphatic heterocycles. The third kappa shape index (κ3) is 4.18. The fourth-order valence-corrected chi connectivity index (χ4v) is 2.16. The molecule has 2 N–H and O–H groups in total. The number of carboxylic acid groups (broad SMARTS) is 1. The maximum atomic E-state index is 10.5. The first-order valence-electron chi connectivity index (χ1n) is 5.67. The van der Waals surface area contributed by atoms with E-state index in [1.807, 2.05) is 6.92 Å². The average Bonchev–Trinajstić information content (AvgIpc) is 2.10. The van der Waals surface area contributed by atoms with Gasteiger partial charge in [-0.2, -0.15) is 0 Å². The fraction of sp³-hybridized carbons (Fsp3) is 0.909. The minimum atomic E-state index is -0.726. The maximum Gasteiger partial charge on any atom is 0.304 e. The van der Waals surface area contributed by atoms with Gasteiger partial charge < -0.3 is 15.3 Å².